The van der Waals surface area contributed by atoms with Gasteiger partial charge in [-0.3, -0.25) is 14.7 Å². The van der Waals surface area contributed by atoms with Gasteiger partial charge in [0.2, 0.25) is 5.78 Å². The third-order valence-corrected chi connectivity index (χ3v) is 6.89. The first-order valence-corrected chi connectivity index (χ1v) is 11.7. The molecule has 2 aromatic carbocycles. The Labute approximate surface area is 202 Å². The van der Waals surface area contributed by atoms with Gasteiger partial charge in [-0.25, -0.2) is 0 Å². The highest BCUT2D eigenvalue weighted by atomic mass is 35.5. The lowest BCUT2D eigenvalue weighted by molar-refractivity contribution is 0.101. The number of carbonyl (C=O) groups excluding carboxylic acids is 1. The topological polar surface area (TPSA) is 62.7 Å². The highest BCUT2D eigenvalue weighted by Crippen LogP contribution is 2.42. The number of pyridine rings is 1. The molecule has 0 radical (unpaired) electrons. The van der Waals surface area contributed by atoms with Crippen LogP contribution in [0, 0.1) is 0 Å². The molecule has 5 nitrogen and oxygen atoms in total. The number of allylic oxidation sites excluding steroid dienone is 1. The van der Waals surface area contributed by atoms with E-state index in [1.165, 1.54) is 0 Å². The van der Waals surface area contributed by atoms with E-state index < -0.39 is 0 Å². The number of ketones is 1. The van der Waals surface area contributed by atoms with Crippen LogP contribution in [0.15, 0.2) is 60.6 Å². The number of hydrogen-bond acceptors (Lipinski definition) is 5. The minimum Gasteiger partial charge on any atom is -0.507 e. The number of aromatic nitrogens is 1. The van der Waals surface area contributed by atoms with Crippen molar-refractivity contribution in [2.75, 3.05) is 6.54 Å². The fourth-order valence-electron chi connectivity index (χ4n) is 4.56. The van der Waals surface area contributed by atoms with Gasteiger partial charge in [-0.05, 0) is 61.4 Å². The quantitative estimate of drug-likeness (QED) is 0.435. The zero-order valence-corrected chi connectivity index (χ0v) is 19.3. The lowest BCUT2D eigenvalue weighted by atomic mass is 9.95. The van der Waals surface area contributed by atoms with Gasteiger partial charge in [0.25, 0.3) is 0 Å². The lowest BCUT2D eigenvalue weighted by Crippen LogP contribution is -2.33. The van der Waals surface area contributed by atoms with Crippen molar-refractivity contribution in [3.63, 3.8) is 0 Å². The number of hydrogen-bond donors (Lipinski definition) is 1. The van der Waals surface area contributed by atoms with Gasteiger partial charge in [-0.15, -0.1) is 0 Å². The predicted molar refractivity (Wildman–Crippen MR) is 129 cm³/mol. The summed E-state index contributed by atoms with van der Waals surface area (Å²) in [6, 6.07) is 12.5. The molecule has 33 heavy (non-hydrogen) atoms. The smallest absolute Gasteiger partial charge is 0.231 e. The first-order chi connectivity index (χ1) is 16.0. The van der Waals surface area contributed by atoms with Crippen LogP contribution in [0.1, 0.15) is 52.4 Å². The molecule has 7 heteroatoms. The van der Waals surface area contributed by atoms with E-state index in [0.29, 0.717) is 39.0 Å². The van der Waals surface area contributed by atoms with Crippen molar-refractivity contribution in [1.29, 1.82) is 0 Å². The van der Waals surface area contributed by atoms with Crippen LogP contribution in [0.25, 0.3) is 6.08 Å². The van der Waals surface area contributed by atoms with Crippen molar-refractivity contribution >= 4 is 35.1 Å². The number of nitrogens with zero attached hydrogens (tertiary/aromatic N) is 2. The zero-order chi connectivity index (χ0) is 22.9. The highest BCUT2D eigenvalue weighted by molar-refractivity contribution is 6.37. The average molecular weight is 481 g/mol. The molecule has 168 valence electrons. The third-order valence-electron chi connectivity index (χ3n) is 6.24. The number of ether oxygens (including phenoxy) is 1. The van der Waals surface area contributed by atoms with E-state index in [4.69, 9.17) is 27.9 Å². The first kappa shape index (κ1) is 22.0. The van der Waals surface area contributed by atoms with E-state index in [0.717, 1.165) is 31.4 Å². The van der Waals surface area contributed by atoms with E-state index in [-0.39, 0.29) is 23.3 Å². The standard InChI is InChI=1S/C26H22Cl2N2O3/c27-20-6-3-7-21(28)18(20)13-24-25(32)17-9-10-23(31)19(26(17)33-24)15-30-12-2-1-8-22(30)16-5-4-11-29-14-16/h3-7,9-11,13-14,22,31H,1-2,8,12,15H2/b24-13-/t22-/m0/s1. The van der Waals surface area contributed by atoms with E-state index in [1.54, 1.807) is 42.6 Å². The van der Waals surface area contributed by atoms with Crippen molar-refractivity contribution in [3.05, 3.63) is 92.9 Å². The molecule has 1 N–H and O–H groups in total. The molecular formula is C26H22Cl2N2O3. The minimum absolute atomic E-state index is 0.106. The van der Waals surface area contributed by atoms with Crippen molar-refractivity contribution in [2.45, 2.75) is 31.8 Å². The number of carbonyl (C=O) groups is 1. The molecule has 3 heterocycles. The maximum absolute atomic E-state index is 13.1. The summed E-state index contributed by atoms with van der Waals surface area (Å²) < 4.78 is 6.02. The Morgan fingerprint density at radius 1 is 1.12 bits per heavy atom. The van der Waals surface area contributed by atoms with E-state index in [2.05, 4.69) is 16.0 Å². The Morgan fingerprint density at radius 2 is 1.94 bits per heavy atom. The molecule has 1 fully saturated rings. The summed E-state index contributed by atoms with van der Waals surface area (Å²) in [5.41, 5.74) is 2.70. The van der Waals surface area contributed by atoms with Crippen LogP contribution in [-0.4, -0.2) is 27.3 Å². The molecule has 1 aromatic heterocycles. The fourth-order valence-corrected chi connectivity index (χ4v) is 5.07. The number of Topliss-reactive ketones (excluding diaryl/α,β-unsaturated/α-hetero) is 1. The van der Waals surface area contributed by atoms with Crippen molar-refractivity contribution < 1.29 is 14.6 Å². The second-order valence-corrected chi connectivity index (χ2v) is 9.10. The van der Waals surface area contributed by atoms with Gasteiger partial charge >= 0.3 is 0 Å². The number of aromatic hydroxyl groups is 1. The summed E-state index contributed by atoms with van der Waals surface area (Å²) in [4.78, 5) is 19.7. The number of phenols is 1. The molecule has 1 atom stereocenters. The highest BCUT2D eigenvalue weighted by Gasteiger charge is 2.33. The maximum Gasteiger partial charge on any atom is 0.231 e. The van der Waals surface area contributed by atoms with Crippen LogP contribution < -0.4 is 4.74 Å². The molecule has 3 aromatic rings. The van der Waals surface area contributed by atoms with Crippen molar-refractivity contribution in [1.82, 2.24) is 9.88 Å². The minimum atomic E-state index is -0.260. The molecule has 1 saturated heterocycles. The predicted octanol–water partition coefficient (Wildman–Crippen LogP) is 6.44. The van der Waals surface area contributed by atoms with Crippen LogP contribution in [0.3, 0.4) is 0 Å². The molecule has 0 bridgehead atoms. The van der Waals surface area contributed by atoms with Crippen molar-refractivity contribution in [2.24, 2.45) is 0 Å². The van der Waals surface area contributed by atoms with Crippen LogP contribution in [0.2, 0.25) is 10.0 Å². The Hall–Kier alpha value is -2.86. The van der Waals surface area contributed by atoms with Gasteiger partial charge in [0.05, 0.1) is 11.1 Å². The van der Waals surface area contributed by atoms with Gasteiger partial charge in [-0.2, -0.15) is 0 Å². The molecule has 0 aliphatic carbocycles. The second kappa shape index (κ2) is 9.18. The molecule has 5 rings (SSSR count). The SMILES string of the molecule is O=C1/C(=C/c2c(Cl)cccc2Cl)Oc2c1ccc(O)c2CN1CCCC[C@H]1c1cccnc1. The van der Waals surface area contributed by atoms with E-state index in [9.17, 15) is 9.90 Å². The summed E-state index contributed by atoms with van der Waals surface area (Å²) in [7, 11) is 0. The molecular weight excluding hydrogens is 459 g/mol. The molecule has 0 unspecified atom stereocenters. The third kappa shape index (κ3) is 4.24. The summed E-state index contributed by atoms with van der Waals surface area (Å²) in [5, 5.41) is 11.6. The second-order valence-electron chi connectivity index (χ2n) is 8.28. The maximum atomic E-state index is 13.1. The van der Waals surface area contributed by atoms with Crippen LogP contribution in [0.4, 0.5) is 0 Å². The van der Waals surface area contributed by atoms with Gasteiger partial charge in [0, 0.05) is 40.6 Å². The monoisotopic (exact) mass is 480 g/mol. The number of rotatable bonds is 4. The zero-order valence-electron chi connectivity index (χ0n) is 17.8. The molecule has 0 saturated carbocycles. The fraction of sp³-hybridized carbons (Fsp3) is 0.231. The van der Waals surface area contributed by atoms with E-state index in [1.807, 2.05) is 12.3 Å². The van der Waals surface area contributed by atoms with Crippen LogP contribution in [-0.2, 0) is 6.54 Å². The Bertz CT molecular complexity index is 1220. The number of fused-ring (bicyclic) bond motifs is 1. The summed E-state index contributed by atoms with van der Waals surface area (Å²) in [6.45, 7) is 1.34. The van der Waals surface area contributed by atoms with Gasteiger partial charge in [0.1, 0.15) is 11.5 Å². The Kier molecular flexibility index (Phi) is 6.11. The first-order valence-electron chi connectivity index (χ1n) is 10.9. The van der Waals surface area contributed by atoms with Crippen molar-refractivity contribution in [3.8, 4) is 11.5 Å². The summed E-state index contributed by atoms with van der Waals surface area (Å²) >= 11 is 12.6. The van der Waals surface area contributed by atoms with E-state index >= 15 is 0 Å². The molecule has 2 aliphatic heterocycles. The molecule has 0 amide bonds. The van der Waals surface area contributed by atoms with Gasteiger partial charge in [0.15, 0.2) is 5.76 Å². The Morgan fingerprint density at radius 3 is 2.70 bits per heavy atom. The number of piperidine rings is 1. The molecule has 2 aliphatic rings. The lowest BCUT2D eigenvalue weighted by Gasteiger charge is -2.36. The van der Waals surface area contributed by atoms with Gasteiger partial charge in [-0.1, -0.05) is 41.8 Å². The van der Waals surface area contributed by atoms with Crippen LogP contribution in [0.5, 0.6) is 11.5 Å². The summed E-state index contributed by atoms with van der Waals surface area (Å²) in [5.74, 6) is 0.373. The number of benzene rings is 2. The largest absolute Gasteiger partial charge is 0.507 e. The summed E-state index contributed by atoms with van der Waals surface area (Å²) in [6.07, 6.45) is 8.44. The Balaban J connectivity index is 1.49. The number of halogens is 2. The number of likely N-dealkylation sites (tertiary alicyclic amines) is 1. The molecule has 0 spiro atoms. The average Bonchev–Trinajstić information content (AvgIpc) is 3.14. The van der Waals surface area contributed by atoms with Crippen LogP contribution >= 0.6 is 23.2 Å². The van der Waals surface area contributed by atoms with Gasteiger partial charge < -0.3 is 9.84 Å². The number of phenolic OH excluding ortho intramolecular Hbond substituents is 1. The normalized spacial score (nSPS) is 19.5.